The first-order valence-corrected chi connectivity index (χ1v) is 12.4. The molecule has 0 aliphatic rings. The number of hydrogen-bond donors (Lipinski definition) is 2. The van der Waals surface area contributed by atoms with Crippen LogP contribution in [0.25, 0.3) is 0 Å². The summed E-state index contributed by atoms with van der Waals surface area (Å²) in [6, 6.07) is 0. The summed E-state index contributed by atoms with van der Waals surface area (Å²) in [6.45, 7) is 5.83. The van der Waals surface area contributed by atoms with Crippen LogP contribution in [0, 0.1) is 5.92 Å². The third kappa shape index (κ3) is 35.7. The van der Waals surface area contributed by atoms with Gasteiger partial charge in [0.1, 0.15) is 0 Å². The van der Waals surface area contributed by atoms with Gasteiger partial charge in [0.25, 0.3) is 0 Å². The van der Waals surface area contributed by atoms with Crippen molar-refractivity contribution in [2.24, 2.45) is 5.92 Å². The molecule has 7 nitrogen and oxygen atoms in total. The molecule has 30 heavy (non-hydrogen) atoms. The standard InChI is InChI=1S/C18H38O4S.C3H6O3.Na/c1-18(2)16-14-12-10-8-6-4-3-5-7-9-11-13-15-17-22-23(19,20)21;1-2(4)3(5)6;/h18H,3-17H2,1-2H3,(H,19,20,21);2,4H,1H3,(H,5,6);/q;;+1/p-1. The summed E-state index contributed by atoms with van der Waals surface area (Å²) < 4.78 is 33.3. The molecule has 0 saturated heterocycles. The Kier molecular flexibility index (Phi) is 27.9. The Labute approximate surface area is 206 Å². The maximum Gasteiger partial charge on any atom is 1.00 e. The van der Waals surface area contributed by atoms with E-state index in [1.165, 1.54) is 70.6 Å². The van der Waals surface area contributed by atoms with Gasteiger partial charge in [0.05, 0.1) is 18.7 Å². The molecule has 0 fully saturated rings. The number of rotatable bonds is 18. The number of carboxylic acid groups (broad SMARTS) is 1. The first-order valence-electron chi connectivity index (χ1n) is 11.1. The molecule has 1 atom stereocenters. The number of carbonyl (C=O) groups is 1. The summed E-state index contributed by atoms with van der Waals surface area (Å²) in [4.78, 5) is 9.34. The maximum absolute atomic E-state index is 10.3. The fraction of sp³-hybridized carbons (Fsp3) is 0.952. The van der Waals surface area contributed by atoms with Gasteiger partial charge in [-0.3, -0.25) is 4.55 Å². The van der Waals surface area contributed by atoms with Crippen molar-refractivity contribution < 1.29 is 61.7 Å². The van der Waals surface area contributed by atoms with E-state index in [2.05, 4.69) is 18.0 Å². The Morgan fingerprint density at radius 1 is 0.800 bits per heavy atom. The van der Waals surface area contributed by atoms with E-state index >= 15 is 0 Å². The number of aliphatic carboxylic acids is 1. The van der Waals surface area contributed by atoms with Crippen molar-refractivity contribution in [2.75, 3.05) is 6.61 Å². The van der Waals surface area contributed by atoms with E-state index in [0.717, 1.165) is 25.7 Å². The second-order valence-electron chi connectivity index (χ2n) is 8.02. The third-order valence-corrected chi connectivity index (χ3v) is 4.96. The van der Waals surface area contributed by atoms with Crippen molar-refractivity contribution in [1.82, 2.24) is 0 Å². The van der Waals surface area contributed by atoms with E-state index in [9.17, 15) is 18.3 Å². The van der Waals surface area contributed by atoms with Crippen molar-refractivity contribution in [3.63, 3.8) is 0 Å². The molecule has 0 rings (SSSR count). The van der Waals surface area contributed by atoms with Crippen LogP contribution in [-0.2, 0) is 19.4 Å². The zero-order valence-electron chi connectivity index (χ0n) is 19.6. The molecular weight excluding hydrogens is 419 g/mol. The smallest absolute Gasteiger partial charge is 0.547 e. The third-order valence-electron chi connectivity index (χ3n) is 4.50. The molecule has 0 spiro atoms. The van der Waals surface area contributed by atoms with E-state index in [0.29, 0.717) is 6.42 Å². The molecular formula is C21H43NaO7S. The van der Waals surface area contributed by atoms with E-state index in [4.69, 9.17) is 9.66 Å². The number of aliphatic hydroxyl groups is 1. The first kappa shape index (κ1) is 34.9. The number of hydrogen-bond acceptors (Lipinski definition) is 6. The average molecular weight is 463 g/mol. The van der Waals surface area contributed by atoms with Gasteiger partial charge in [-0.05, 0) is 19.3 Å². The van der Waals surface area contributed by atoms with E-state index in [-0.39, 0.29) is 36.2 Å². The van der Waals surface area contributed by atoms with Gasteiger partial charge in [-0.1, -0.05) is 97.3 Å². The fourth-order valence-electron chi connectivity index (χ4n) is 2.76. The van der Waals surface area contributed by atoms with Crippen LogP contribution >= 0.6 is 0 Å². The van der Waals surface area contributed by atoms with Crippen LogP contribution in [0.15, 0.2) is 0 Å². The molecule has 1 unspecified atom stereocenters. The summed E-state index contributed by atoms with van der Waals surface area (Å²) in [5.41, 5.74) is 0. The monoisotopic (exact) mass is 462 g/mol. The largest absolute Gasteiger partial charge is 1.00 e. The predicted octanol–water partition coefficient (Wildman–Crippen LogP) is 1.04. The Morgan fingerprint density at radius 3 is 1.37 bits per heavy atom. The number of aliphatic hydroxyl groups excluding tert-OH is 1. The topological polar surface area (TPSA) is 124 Å². The SMILES string of the molecule is CC(C)CCCCCCCCCCCCCCCOS(=O)(=O)O.CC(O)C(=O)[O-].[Na+]. The fourth-order valence-corrected chi connectivity index (χ4v) is 3.09. The zero-order chi connectivity index (χ0) is 22.5. The van der Waals surface area contributed by atoms with Gasteiger partial charge in [-0.25, -0.2) is 4.18 Å². The molecule has 0 aromatic heterocycles. The van der Waals surface area contributed by atoms with Crippen LogP contribution in [0.5, 0.6) is 0 Å². The van der Waals surface area contributed by atoms with Crippen molar-refractivity contribution in [3.8, 4) is 0 Å². The van der Waals surface area contributed by atoms with Crippen LogP contribution < -0.4 is 34.7 Å². The van der Waals surface area contributed by atoms with Crippen molar-refractivity contribution in [1.29, 1.82) is 0 Å². The van der Waals surface area contributed by atoms with E-state index in [1.807, 2.05) is 0 Å². The van der Waals surface area contributed by atoms with Crippen molar-refractivity contribution >= 4 is 16.4 Å². The van der Waals surface area contributed by atoms with Crippen LogP contribution in [0.3, 0.4) is 0 Å². The zero-order valence-corrected chi connectivity index (χ0v) is 22.4. The average Bonchev–Trinajstić information content (AvgIpc) is 2.60. The van der Waals surface area contributed by atoms with Gasteiger partial charge >= 0.3 is 40.0 Å². The molecule has 0 aliphatic heterocycles. The quantitative estimate of drug-likeness (QED) is 0.177. The van der Waals surface area contributed by atoms with Gasteiger partial charge in [-0.15, -0.1) is 0 Å². The molecule has 0 radical (unpaired) electrons. The number of carbonyl (C=O) groups excluding carboxylic acids is 1. The van der Waals surface area contributed by atoms with E-state index < -0.39 is 22.5 Å². The molecule has 0 aromatic rings. The molecule has 0 bridgehead atoms. The van der Waals surface area contributed by atoms with Gasteiger partial charge in [0.2, 0.25) is 0 Å². The van der Waals surface area contributed by atoms with Gasteiger partial charge in [0.15, 0.2) is 0 Å². The molecule has 0 aliphatic carbocycles. The maximum atomic E-state index is 10.3. The minimum Gasteiger partial charge on any atom is -0.547 e. The van der Waals surface area contributed by atoms with Crippen LogP contribution in [0.4, 0.5) is 0 Å². The molecule has 2 N–H and O–H groups in total. The second-order valence-corrected chi connectivity index (χ2v) is 9.11. The minimum absolute atomic E-state index is 0. The normalized spacial score (nSPS) is 12.1. The van der Waals surface area contributed by atoms with Crippen molar-refractivity contribution in [2.45, 2.75) is 117 Å². The van der Waals surface area contributed by atoms with Crippen molar-refractivity contribution in [3.05, 3.63) is 0 Å². The Hall–Kier alpha value is 0.300. The Bertz CT molecular complexity index is 468. The summed E-state index contributed by atoms with van der Waals surface area (Å²) in [7, 11) is -4.25. The summed E-state index contributed by atoms with van der Waals surface area (Å²) >= 11 is 0. The molecule has 0 aromatic carbocycles. The predicted molar refractivity (Wildman–Crippen MR) is 114 cm³/mol. The molecule has 0 saturated carbocycles. The summed E-state index contributed by atoms with van der Waals surface area (Å²) in [5, 5.41) is 17.3. The second kappa shape index (κ2) is 24.0. The molecule has 9 heteroatoms. The molecule has 0 heterocycles. The van der Waals surface area contributed by atoms with Gasteiger partial charge < -0.3 is 15.0 Å². The molecule has 0 amide bonds. The number of unbranched alkanes of at least 4 members (excludes halogenated alkanes) is 12. The van der Waals surface area contributed by atoms with Crippen LogP contribution in [0.1, 0.15) is 111 Å². The minimum atomic E-state index is -4.25. The van der Waals surface area contributed by atoms with Crippen LogP contribution in [-0.4, -0.2) is 36.8 Å². The first-order chi connectivity index (χ1) is 13.6. The summed E-state index contributed by atoms with van der Waals surface area (Å²) in [5.74, 6) is -0.583. The van der Waals surface area contributed by atoms with Crippen LogP contribution in [0.2, 0.25) is 0 Å². The molecule has 176 valence electrons. The van der Waals surface area contributed by atoms with Gasteiger partial charge in [-0.2, -0.15) is 8.42 Å². The van der Waals surface area contributed by atoms with Gasteiger partial charge in [0, 0.05) is 0 Å². The Balaban J connectivity index is -0.000000905. The number of carboxylic acids is 1. The van der Waals surface area contributed by atoms with E-state index in [1.54, 1.807) is 0 Å². The summed E-state index contributed by atoms with van der Waals surface area (Å²) in [6.07, 6.45) is 16.3. The Morgan fingerprint density at radius 2 is 1.10 bits per heavy atom.